The van der Waals surface area contributed by atoms with Crippen molar-refractivity contribution in [2.75, 3.05) is 10.6 Å². The Hall–Kier alpha value is -2.76. The Morgan fingerprint density at radius 3 is 2.58 bits per heavy atom. The number of benzene rings is 1. The molecule has 3 N–H and O–H groups in total. The summed E-state index contributed by atoms with van der Waals surface area (Å²) in [5, 5.41) is 9.87. The predicted octanol–water partition coefficient (Wildman–Crippen LogP) is 5.51. The molecule has 1 aromatic carbocycles. The number of pyridine rings is 1. The number of alkyl halides is 3. The number of hydrogen-bond donors (Lipinski definition) is 3. The van der Waals surface area contributed by atoms with Crippen molar-refractivity contribution in [2.45, 2.75) is 19.1 Å². The first-order valence-electron chi connectivity index (χ1n) is 8.73. The number of carbonyl (C=O) groups excluding carboxylic acids is 1. The molecule has 1 amide bonds. The monoisotopic (exact) mass is 485 g/mol. The fraction of sp³-hybridized carbons (Fsp3) is 0.158. The van der Waals surface area contributed by atoms with Gasteiger partial charge in [0.15, 0.2) is 5.11 Å². The highest BCUT2D eigenvalue weighted by molar-refractivity contribution is 7.80. The summed E-state index contributed by atoms with van der Waals surface area (Å²) in [6.45, 7) is 1.67. The number of anilines is 2. The second-order valence-electron chi connectivity index (χ2n) is 6.32. The van der Waals surface area contributed by atoms with Crippen LogP contribution in [0.4, 0.5) is 24.7 Å². The Balaban J connectivity index is 1.58. The minimum Gasteiger partial charge on any atom is -0.356 e. The van der Waals surface area contributed by atoms with Crippen molar-refractivity contribution < 1.29 is 18.0 Å². The molecule has 162 valence electrons. The van der Waals surface area contributed by atoms with E-state index in [1.807, 2.05) is 0 Å². The molecule has 2 aromatic heterocycles. The normalized spacial score (nSPS) is 12.2. The van der Waals surface area contributed by atoms with Crippen LogP contribution >= 0.6 is 35.2 Å². The largest absolute Gasteiger partial charge is 0.417 e. The molecule has 31 heavy (non-hydrogen) atoms. The number of rotatable bonds is 5. The summed E-state index contributed by atoms with van der Waals surface area (Å²) in [4.78, 5) is 20.0. The van der Waals surface area contributed by atoms with E-state index in [2.05, 4.69) is 25.9 Å². The van der Waals surface area contributed by atoms with E-state index < -0.39 is 17.8 Å². The van der Waals surface area contributed by atoms with E-state index in [4.69, 9.17) is 23.8 Å². The smallest absolute Gasteiger partial charge is 0.356 e. The van der Waals surface area contributed by atoms with Gasteiger partial charge in [-0.05, 0) is 49.0 Å². The Morgan fingerprint density at radius 2 is 1.97 bits per heavy atom. The maximum Gasteiger partial charge on any atom is 0.417 e. The van der Waals surface area contributed by atoms with Crippen LogP contribution in [0.5, 0.6) is 0 Å². The number of hydrogen-bond acceptors (Lipinski definition) is 5. The molecule has 0 aliphatic rings. The Kier molecular flexibility index (Phi) is 7.08. The lowest BCUT2D eigenvalue weighted by Crippen LogP contribution is -2.31. The summed E-state index contributed by atoms with van der Waals surface area (Å²) in [6.07, 6.45) is -3.09. The average Bonchev–Trinajstić information content (AvgIpc) is 3.24. The second-order valence-corrected chi connectivity index (χ2v) is 7.85. The maximum absolute atomic E-state index is 13.1. The van der Waals surface area contributed by atoms with E-state index in [1.54, 1.807) is 29.9 Å². The van der Waals surface area contributed by atoms with Crippen molar-refractivity contribution in [1.82, 2.24) is 15.3 Å². The van der Waals surface area contributed by atoms with Crippen molar-refractivity contribution in [3.05, 3.63) is 69.3 Å². The number of carbonyl (C=O) groups is 1. The molecule has 0 spiro atoms. The van der Waals surface area contributed by atoms with E-state index >= 15 is 0 Å². The summed E-state index contributed by atoms with van der Waals surface area (Å²) < 4.78 is 39.2. The number of nitrogens with zero attached hydrogens (tertiary/aromatic N) is 2. The molecule has 0 radical (unpaired) electrons. The molecule has 0 fully saturated rings. The number of nitrogens with one attached hydrogen (secondary N) is 3. The highest BCUT2D eigenvalue weighted by Gasteiger charge is 2.33. The van der Waals surface area contributed by atoms with Crippen LogP contribution in [0.3, 0.4) is 0 Å². The van der Waals surface area contributed by atoms with Gasteiger partial charge in [-0.1, -0.05) is 17.7 Å². The molecule has 12 heteroatoms. The Labute approximate surface area is 189 Å². The van der Waals surface area contributed by atoms with E-state index in [0.717, 1.165) is 6.07 Å². The van der Waals surface area contributed by atoms with E-state index in [9.17, 15) is 18.0 Å². The summed E-state index contributed by atoms with van der Waals surface area (Å²) in [6, 6.07) is 6.41. The van der Waals surface area contributed by atoms with Gasteiger partial charge < -0.3 is 16.0 Å². The minimum atomic E-state index is -4.55. The van der Waals surface area contributed by atoms with Gasteiger partial charge in [0.25, 0.3) is 5.91 Å². The molecule has 0 saturated heterocycles. The number of thiazole rings is 1. The minimum absolute atomic E-state index is 0.192. The van der Waals surface area contributed by atoms with Crippen LogP contribution in [0.25, 0.3) is 0 Å². The molecular weight excluding hydrogens is 471 g/mol. The third-order valence-corrected chi connectivity index (χ3v) is 5.21. The van der Waals surface area contributed by atoms with Gasteiger partial charge in [-0.15, -0.1) is 11.3 Å². The molecule has 0 aliphatic heterocycles. The molecule has 0 saturated carbocycles. The molecule has 3 aromatic rings. The Morgan fingerprint density at radius 1 is 1.19 bits per heavy atom. The van der Waals surface area contributed by atoms with Gasteiger partial charge in [-0.3, -0.25) is 4.79 Å². The summed E-state index contributed by atoms with van der Waals surface area (Å²) in [7, 11) is 0. The lowest BCUT2D eigenvalue weighted by atomic mass is 10.0. The zero-order valence-corrected chi connectivity index (χ0v) is 18.2. The van der Waals surface area contributed by atoms with E-state index in [0.29, 0.717) is 22.8 Å². The molecule has 0 aliphatic carbocycles. The van der Waals surface area contributed by atoms with Crippen LogP contribution in [-0.2, 0) is 6.18 Å². The average molecular weight is 486 g/mol. The van der Waals surface area contributed by atoms with E-state index in [1.165, 1.54) is 29.7 Å². The number of amides is 1. The van der Waals surface area contributed by atoms with Gasteiger partial charge in [-0.2, -0.15) is 13.2 Å². The quantitative estimate of drug-likeness (QED) is 0.413. The number of aromatic nitrogens is 2. The van der Waals surface area contributed by atoms with Gasteiger partial charge in [0, 0.05) is 5.38 Å². The highest BCUT2D eigenvalue weighted by Crippen LogP contribution is 2.36. The van der Waals surface area contributed by atoms with Crippen LogP contribution in [-0.4, -0.2) is 21.0 Å². The van der Waals surface area contributed by atoms with Crippen molar-refractivity contribution in [3.8, 4) is 0 Å². The number of halogens is 4. The van der Waals surface area contributed by atoms with Gasteiger partial charge in [0.05, 0.1) is 34.0 Å². The summed E-state index contributed by atoms with van der Waals surface area (Å²) >= 11 is 12.2. The van der Waals surface area contributed by atoms with Gasteiger partial charge >= 0.3 is 6.18 Å². The van der Waals surface area contributed by atoms with Crippen molar-refractivity contribution >= 4 is 57.7 Å². The maximum atomic E-state index is 13.1. The SMILES string of the molecule is CC(NC(=S)Nc1ccc(NC(=O)c2cscn2)nc1)c1ccc(Cl)c(C(F)(F)F)c1. The first-order chi connectivity index (χ1) is 14.6. The fourth-order valence-corrected chi connectivity index (χ4v) is 3.57. The predicted molar refractivity (Wildman–Crippen MR) is 119 cm³/mol. The molecule has 1 unspecified atom stereocenters. The van der Waals surface area contributed by atoms with Crippen molar-refractivity contribution in [1.29, 1.82) is 0 Å². The van der Waals surface area contributed by atoms with Gasteiger partial charge in [-0.25, -0.2) is 9.97 Å². The molecule has 6 nitrogen and oxygen atoms in total. The van der Waals surface area contributed by atoms with Crippen molar-refractivity contribution in [2.24, 2.45) is 0 Å². The van der Waals surface area contributed by atoms with Crippen LogP contribution in [0.1, 0.15) is 34.6 Å². The Bertz CT molecular complexity index is 1080. The molecule has 0 bridgehead atoms. The first kappa shape index (κ1) is 22.9. The zero-order valence-electron chi connectivity index (χ0n) is 15.8. The van der Waals surface area contributed by atoms with Gasteiger partial charge in [0.2, 0.25) is 0 Å². The topological polar surface area (TPSA) is 78.9 Å². The molecular formula is C19H15ClF3N5OS2. The van der Waals surface area contributed by atoms with E-state index in [-0.39, 0.29) is 16.0 Å². The zero-order chi connectivity index (χ0) is 22.6. The lowest BCUT2D eigenvalue weighted by Gasteiger charge is -2.19. The van der Waals surface area contributed by atoms with Crippen molar-refractivity contribution in [3.63, 3.8) is 0 Å². The fourth-order valence-electron chi connectivity index (χ4n) is 2.52. The highest BCUT2D eigenvalue weighted by atomic mass is 35.5. The van der Waals surface area contributed by atoms with Crippen LogP contribution in [0.2, 0.25) is 5.02 Å². The second kappa shape index (κ2) is 9.58. The van der Waals surface area contributed by atoms with Crippen LogP contribution in [0, 0.1) is 0 Å². The lowest BCUT2D eigenvalue weighted by molar-refractivity contribution is -0.137. The number of thiocarbonyl (C=S) groups is 1. The van der Waals surface area contributed by atoms with Gasteiger partial charge in [0.1, 0.15) is 11.5 Å². The van der Waals surface area contributed by atoms with Crippen LogP contribution < -0.4 is 16.0 Å². The third-order valence-electron chi connectivity index (χ3n) is 4.07. The third kappa shape index (κ3) is 6.12. The first-order valence-corrected chi connectivity index (χ1v) is 10.5. The molecule has 3 rings (SSSR count). The molecule has 1 atom stereocenters. The standard InChI is InChI=1S/C19H15ClF3N5OS2/c1-10(11-2-4-14(20)13(6-11)19(21,22)23)26-18(30)27-12-3-5-16(24-7-12)28-17(29)15-8-31-9-25-15/h2-10H,1H3,(H,24,28,29)(H2,26,27,30). The van der Waals surface area contributed by atoms with Crippen LogP contribution in [0.15, 0.2) is 47.4 Å². The summed E-state index contributed by atoms with van der Waals surface area (Å²) in [5.74, 6) is -0.0432. The summed E-state index contributed by atoms with van der Waals surface area (Å²) in [5.41, 5.74) is 1.85. The molecule has 2 heterocycles.